The predicted octanol–water partition coefficient (Wildman–Crippen LogP) is 3.11. The van der Waals surface area contributed by atoms with Crippen molar-refractivity contribution in [2.75, 3.05) is 19.5 Å². The second-order valence-electron chi connectivity index (χ2n) is 6.65. The number of thiazole rings is 1. The first kappa shape index (κ1) is 21.3. The maximum atomic E-state index is 12.2. The van der Waals surface area contributed by atoms with Crippen LogP contribution in [0.5, 0.6) is 5.75 Å². The van der Waals surface area contributed by atoms with Gasteiger partial charge in [-0.1, -0.05) is 42.0 Å². The topological polar surface area (TPSA) is 104 Å². The van der Waals surface area contributed by atoms with Gasteiger partial charge in [0.05, 0.1) is 19.2 Å². The molecule has 30 heavy (non-hydrogen) atoms. The number of hydrogen-bond donors (Lipinski definition) is 2. The van der Waals surface area contributed by atoms with E-state index < -0.39 is 5.97 Å². The van der Waals surface area contributed by atoms with Gasteiger partial charge in [0.25, 0.3) is 5.91 Å². The maximum absolute atomic E-state index is 12.2. The lowest BCUT2D eigenvalue weighted by Gasteiger charge is -2.08. The molecular formula is C22H23N3O4S. The molecule has 1 amide bonds. The molecule has 0 saturated carbocycles. The quantitative estimate of drug-likeness (QED) is 0.538. The lowest BCUT2D eigenvalue weighted by Crippen LogP contribution is -2.28. The van der Waals surface area contributed by atoms with Gasteiger partial charge in [-0.15, -0.1) is 11.3 Å². The van der Waals surface area contributed by atoms with Crippen molar-refractivity contribution < 1.29 is 19.1 Å². The number of methoxy groups -OCH3 is 1. The van der Waals surface area contributed by atoms with Crippen LogP contribution in [0.3, 0.4) is 0 Å². The van der Waals surface area contributed by atoms with Crippen LogP contribution in [0.2, 0.25) is 0 Å². The molecule has 3 N–H and O–H groups in total. The van der Waals surface area contributed by atoms with E-state index in [-0.39, 0.29) is 18.9 Å². The zero-order valence-electron chi connectivity index (χ0n) is 16.8. The van der Waals surface area contributed by atoms with E-state index in [9.17, 15) is 9.59 Å². The molecule has 1 aromatic heterocycles. The molecule has 0 fully saturated rings. The summed E-state index contributed by atoms with van der Waals surface area (Å²) in [5.41, 5.74) is 9.43. The van der Waals surface area contributed by atoms with Crippen LogP contribution in [-0.4, -0.2) is 30.6 Å². The van der Waals surface area contributed by atoms with Gasteiger partial charge >= 0.3 is 5.97 Å². The number of anilines is 1. The number of nitrogens with zero attached hydrogens (tertiary/aromatic N) is 1. The van der Waals surface area contributed by atoms with Gasteiger partial charge in [0.15, 0.2) is 11.7 Å². The van der Waals surface area contributed by atoms with Crippen molar-refractivity contribution in [1.82, 2.24) is 10.3 Å². The molecule has 2 aromatic carbocycles. The molecule has 156 valence electrons. The van der Waals surface area contributed by atoms with Gasteiger partial charge in [-0.2, -0.15) is 0 Å². The number of aryl methyl sites for hydroxylation is 1. The van der Waals surface area contributed by atoms with Crippen molar-refractivity contribution >= 4 is 28.3 Å². The Balaban J connectivity index is 1.51. The first-order valence-electron chi connectivity index (χ1n) is 9.32. The van der Waals surface area contributed by atoms with Gasteiger partial charge in [-0.25, -0.2) is 4.98 Å². The standard InChI is InChI=1S/C22H23N3O4S/c1-14-3-7-16(8-4-14)21-18(30-22(23)25-21)11-20(27)29-13-19(26)24-12-15-5-9-17(28-2)10-6-15/h3-10H,11-13H2,1-2H3,(H2,23,25)(H,24,26). The zero-order valence-corrected chi connectivity index (χ0v) is 17.6. The Labute approximate surface area is 178 Å². The fraction of sp³-hybridized carbons (Fsp3) is 0.227. The highest BCUT2D eigenvalue weighted by Crippen LogP contribution is 2.30. The van der Waals surface area contributed by atoms with E-state index in [1.54, 1.807) is 7.11 Å². The number of amides is 1. The summed E-state index contributed by atoms with van der Waals surface area (Å²) in [4.78, 5) is 29.3. The Morgan fingerprint density at radius 1 is 1.10 bits per heavy atom. The molecule has 0 aliphatic carbocycles. The Hall–Kier alpha value is -3.39. The SMILES string of the molecule is COc1ccc(CNC(=O)COC(=O)Cc2sc(N)nc2-c2ccc(C)cc2)cc1. The van der Waals surface area contributed by atoms with Gasteiger partial charge in [-0.3, -0.25) is 9.59 Å². The van der Waals surface area contributed by atoms with E-state index in [2.05, 4.69) is 10.3 Å². The highest BCUT2D eigenvalue weighted by molar-refractivity contribution is 7.15. The smallest absolute Gasteiger partial charge is 0.311 e. The summed E-state index contributed by atoms with van der Waals surface area (Å²) in [6.45, 7) is 1.99. The molecule has 0 aliphatic rings. The van der Waals surface area contributed by atoms with Crippen LogP contribution in [0.25, 0.3) is 11.3 Å². The third kappa shape index (κ3) is 5.81. The fourth-order valence-corrected chi connectivity index (χ4v) is 3.59. The maximum Gasteiger partial charge on any atom is 0.311 e. The monoisotopic (exact) mass is 425 g/mol. The number of nitrogens with two attached hydrogens (primary N) is 1. The molecule has 8 heteroatoms. The highest BCUT2D eigenvalue weighted by atomic mass is 32.1. The number of benzene rings is 2. The van der Waals surface area contributed by atoms with E-state index in [1.165, 1.54) is 11.3 Å². The predicted molar refractivity (Wildman–Crippen MR) is 116 cm³/mol. The number of hydrogen-bond acceptors (Lipinski definition) is 7. The molecule has 0 atom stereocenters. The lowest BCUT2D eigenvalue weighted by molar-refractivity contribution is -0.147. The minimum Gasteiger partial charge on any atom is -0.497 e. The molecule has 0 bridgehead atoms. The third-order valence-corrected chi connectivity index (χ3v) is 5.24. The van der Waals surface area contributed by atoms with Gasteiger partial charge in [-0.05, 0) is 24.6 Å². The van der Waals surface area contributed by atoms with Crippen molar-refractivity contribution in [3.05, 3.63) is 64.5 Å². The van der Waals surface area contributed by atoms with Crippen LogP contribution >= 0.6 is 11.3 Å². The molecule has 0 radical (unpaired) electrons. The molecule has 0 spiro atoms. The first-order valence-corrected chi connectivity index (χ1v) is 10.1. The zero-order chi connectivity index (χ0) is 21.5. The van der Waals surface area contributed by atoms with Crippen LogP contribution in [0.4, 0.5) is 5.13 Å². The van der Waals surface area contributed by atoms with Crippen LogP contribution in [-0.2, 0) is 27.3 Å². The molecule has 0 saturated heterocycles. The Morgan fingerprint density at radius 2 is 1.80 bits per heavy atom. The number of carbonyl (C=O) groups excluding carboxylic acids is 2. The highest BCUT2D eigenvalue weighted by Gasteiger charge is 2.17. The summed E-state index contributed by atoms with van der Waals surface area (Å²) in [5.74, 6) is -0.138. The number of nitrogen functional groups attached to an aromatic ring is 1. The summed E-state index contributed by atoms with van der Waals surface area (Å²) < 4.78 is 10.2. The lowest BCUT2D eigenvalue weighted by atomic mass is 10.1. The minimum absolute atomic E-state index is 0.00381. The van der Waals surface area contributed by atoms with E-state index in [0.29, 0.717) is 22.2 Å². The number of nitrogens with one attached hydrogen (secondary N) is 1. The molecule has 7 nitrogen and oxygen atoms in total. The molecule has 0 unspecified atom stereocenters. The van der Waals surface area contributed by atoms with Crippen LogP contribution < -0.4 is 15.8 Å². The van der Waals surface area contributed by atoms with Crippen LogP contribution in [0.15, 0.2) is 48.5 Å². The number of carbonyl (C=O) groups is 2. The van der Waals surface area contributed by atoms with Gasteiger partial charge < -0.3 is 20.5 Å². The molecular weight excluding hydrogens is 402 g/mol. The summed E-state index contributed by atoms with van der Waals surface area (Å²) in [6, 6.07) is 15.1. The van der Waals surface area contributed by atoms with E-state index in [0.717, 1.165) is 22.4 Å². The van der Waals surface area contributed by atoms with Crippen molar-refractivity contribution in [2.45, 2.75) is 19.9 Å². The Morgan fingerprint density at radius 3 is 2.47 bits per heavy atom. The number of ether oxygens (including phenoxy) is 2. The van der Waals surface area contributed by atoms with Crippen molar-refractivity contribution in [3.8, 4) is 17.0 Å². The third-order valence-electron chi connectivity index (χ3n) is 4.36. The van der Waals surface area contributed by atoms with Crippen molar-refractivity contribution in [1.29, 1.82) is 0 Å². The Kier molecular flexibility index (Phi) is 7.03. The van der Waals surface area contributed by atoms with E-state index >= 15 is 0 Å². The summed E-state index contributed by atoms with van der Waals surface area (Å²) >= 11 is 1.24. The van der Waals surface area contributed by atoms with Gasteiger partial charge in [0.2, 0.25) is 0 Å². The normalized spacial score (nSPS) is 10.5. The van der Waals surface area contributed by atoms with Crippen molar-refractivity contribution in [3.63, 3.8) is 0 Å². The van der Waals surface area contributed by atoms with Gasteiger partial charge in [0.1, 0.15) is 5.75 Å². The Bertz CT molecular complexity index is 1010. The second kappa shape index (κ2) is 9.89. The average molecular weight is 426 g/mol. The number of aromatic nitrogens is 1. The van der Waals surface area contributed by atoms with Crippen molar-refractivity contribution in [2.24, 2.45) is 0 Å². The molecule has 1 heterocycles. The van der Waals surface area contributed by atoms with Crippen LogP contribution in [0.1, 0.15) is 16.0 Å². The average Bonchev–Trinajstić information content (AvgIpc) is 3.11. The van der Waals surface area contributed by atoms with Crippen LogP contribution in [0, 0.1) is 6.92 Å². The molecule has 3 rings (SSSR count). The summed E-state index contributed by atoms with van der Waals surface area (Å²) in [6.07, 6.45) is 0.00381. The minimum atomic E-state index is -0.508. The fourth-order valence-electron chi connectivity index (χ4n) is 2.75. The van der Waals surface area contributed by atoms with E-state index in [1.807, 2.05) is 55.5 Å². The number of rotatable bonds is 8. The number of esters is 1. The molecule has 3 aromatic rings. The summed E-state index contributed by atoms with van der Waals surface area (Å²) in [5, 5.41) is 3.10. The largest absolute Gasteiger partial charge is 0.497 e. The second-order valence-corrected chi connectivity index (χ2v) is 7.77. The summed E-state index contributed by atoms with van der Waals surface area (Å²) in [7, 11) is 1.59. The van der Waals surface area contributed by atoms with Gasteiger partial charge in [0, 0.05) is 17.0 Å². The first-order chi connectivity index (χ1) is 14.4. The van der Waals surface area contributed by atoms with E-state index in [4.69, 9.17) is 15.2 Å². The molecule has 0 aliphatic heterocycles.